The lowest BCUT2D eigenvalue weighted by Crippen LogP contribution is -2.32. The van der Waals surface area contributed by atoms with Gasteiger partial charge in [-0.2, -0.15) is 0 Å². The summed E-state index contributed by atoms with van der Waals surface area (Å²) in [5.74, 6) is -2.47. The van der Waals surface area contributed by atoms with Crippen LogP contribution in [0, 0.1) is 23.4 Å². The first-order chi connectivity index (χ1) is 21.9. The van der Waals surface area contributed by atoms with Gasteiger partial charge in [0.2, 0.25) is 5.95 Å². The molecular weight excluding hydrogens is 660 g/mol. The number of fused-ring (bicyclic) bond motifs is 2. The third-order valence-electron chi connectivity index (χ3n) is 9.28. The zero-order valence-corrected chi connectivity index (χ0v) is 26.9. The summed E-state index contributed by atoms with van der Waals surface area (Å²) in [4.78, 5) is 13.4. The Morgan fingerprint density at radius 2 is 1.61 bits per heavy atom. The van der Waals surface area contributed by atoms with E-state index in [4.69, 9.17) is 9.97 Å². The number of nitrogens with one attached hydrogen (secondary N) is 2. The number of rotatable bonds is 8. The van der Waals surface area contributed by atoms with E-state index in [1.54, 1.807) is 12.3 Å². The van der Waals surface area contributed by atoms with E-state index in [0.29, 0.717) is 35.3 Å². The summed E-state index contributed by atoms with van der Waals surface area (Å²) < 4.78 is 96.8. The number of sulfonamides is 1. The molecule has 0 atom stereocenters. The van der Waals surface area contributed by atoms with Crippen LogP contribution in [-0.2, 0) is 25.3 Å². The van der Waals surface area contributed by atoms with Crippen LogP contribution in [0.25, 0.3) is 21.8 Å². The third-order valence-corrected chi connectivity index (χ3v) is 13.7. The zero-order valence-electron chi connectivity index (χ0n) is 24.5. The molecule has 2 saturated carbocycles. The largest absolute Gasteiger partial charge is 0.351 e. The molecule has 242 valence electrons. The topological polar surface area (TPSA) is 131 Å². The fourth-order valence-corrected chi connectivity index (χ4v) is 10.9. The molecule has 2 aromatic carbocycles. The zero-order chi connectivity index (χ0) is 32.3. The van der Waals surface area contributed by atoms with E-state index in [9.17, 15) is 25.6 Å². The number of anilines is 2. The Bertz CT molecular complexity index is 2010. The van der Waals surface area contributed by atoms with Crippen molar-refractivity contribution in [1.29, 1.82) is 0 Å². The molecular formula is C31H30F3N5O4S3. The molecule has 15 heteroatoms. The van der Waals surface area contributed by atoms with Crippen molar-refractivity contribution in [1.82, 2.24) is 15.0 Å². The number of hydrogen-bond acceptors (Lipinski definition) is 9. The van der Waals surface area contributed by atoms with Gasteiger partial charge in [-0.15, -0.1) is 11.3 Å². The van der Waals surface area contributed by atoms with Crippen molar-refractivity contribution in [3.05, 3.63) is 71.1 Å². The lowest BCUT2D eigenvalue weighted by Gasteiger charge is -2.23. The van der Waals surface area contributed by atoms with Crippen LogP contribution in [0.15, 0.2) is 53.6 Å². The van der Waals surface area contributed by atoms with Crippen LogP contribution in [0.2, 0.25) is 0 Å². The van der Waals surface area contributed by atoms with Gasteiger partial charge in [0, 0.05) is 23.2 Å². The van der Waals surface area contributed by atoms with Gasteiger partial charge in [-0.05, 0) is 81.2 Å². The number of aromatic nitrogens is 3. The van der Waals surface area contributed by atoms with Crippen LogP contribution in [0.3, 0.4) is 0 Å². The minimum atomic E-state index is -4.83. The Morgan fingerprint density at radius 3 is 2.28 bits per heavy atom. The molecule has 7 rings (SSSR count). The van der Waals surface area contributed by atoms with E-state index in [-0.39, 0.29) is 34.2 Å². The smallest absolute Gasteiger partial charge is 0.267 e. The number of benzene rings is 2. The Balaban J connectivity index is 1.28. The van der Waals surface area contributed by atoms with E-state index in [1.807, 2.05) is 4.72 Å². The molecule has 1 aliphatic heterocycles. The Kier molecular flexibility index (Phi) is 7.83. The number of nitrogens with zero attached hydrogens (tertiary/aromatic N) is 3. The molecule has 3 heterocycles. The number of hydrogen-bond donors (Lipinski definition) is 2. The Labute approximate surface area is 268 Å². The fourth-order valence-electron chi connectivity index (χ4n) is 6.90. The van der Waals surface area contributed by atoms with Gasteiger partial charge in [0.25, 0.3) is 10.0 Å². The second-order valence-electron chi connectivity index (χ2n) is 12.3. The SMILES string of the molecule is O=S1(=O)CCC(Nc2nccc(-c3sc(C45CCC(CC4)C5)nc3-c3cccc(NS(=O)(=O)c4c(F)cccc4F)c3F)n2)CC1. The van der Waals surface area contributed by atoms with Crippen molar-refractivity contribution < 1.29 is 30.0 Å². The van der Waals surface area contributed by atoms with Gasteiger partial charge in [-0.3, -0.25) is 4.72 Å². The molecule has 3 aliphatic rings. The van der Waals surface area contributed by atoms with Crippen molar-refractivity contribution >= 4 is 42.8 Å². The molecule has 3 fully saturated rings. The first-order valence-electron chi connectivity index (χ1n) is 15.0. The Hall–Kier alpha value is -3.56. The van der Waals surface area contributed by atoms with Crippen molar-refractivity contribution in [2.75, 3.05) is 21.5 Å². The summed E-state index contributed by atoms with van der Waals surface area (Å²) in [6, 6.07) is 8.32. The van der Waals surface area contributed by atoms with Crippen LogP contribution in [0.4, 0.5) is 24.8 Å². The molecule has 0 radical (unpaired) electrons. The molecule has 0 amide bonds. The monoisotopic (exact) mass is 689 g/mol. The van der Waals surface area contributed by atoms with Gasteiger partial charge >= 0.3 is 0 Å². The van der Waals surface area contributed by atoms with Crippen molar-refractivity contribution in [2.45, 2.75) is 61.3 Å². The van der Waals surface area contributed by atoms with E-state index in [2.05, 4.69) is 10.3 Å². The van der Waals surface area contributed by atoms with Gasteiger partial charge < -0.3 is 5.32 Å². The molecule has 0 unspecified atom stereocenters. The first kappa shape index (κ1) is 31.1. The predicted molar refractivity (Wildman–Crippen MR) is 169 cm³/mol. The summed E-state index contributed by atoms with van der Waals surface area (Å²) in [5, 5.41) is 4.09. The summed E-state index contributed by atoms with van der Waals surface area (Å²) >= 11 is 1.42. The Morgan fingerprint density at radius 1 is 0.913 bits per heavy atom. The predicted octanol–water partition coefficient (Wildman–Crippen LogP) is 6.31. The second-order valence-corrected chi connectivity index (χ2v) is 17.2. The average Bonchev–Trinajstić information content (AvgIpc) is 3.75. The number of sulfone groups is 1. The van der Waals surface area contributed by atoms with E-state index >= 15 is 4.39 Å². The summed E-state index contributed by atoms with van der Waals surface area (Å²) in [7, 11) is -7.87. The van der Waals surface area contributed by atoms with Gasteiger partial charge in [-0.25, -0.2) is 45.0 Å². The van der Waals surface area contributed by atoms with Crippen LogP contribution >= 0.6 is 11.3 Å². The first-order valence-corrected chi connectivity index (χ1v) is 19.1. The lowest BCUT2D eigenvalue weighted by molar-refractivity contribution is 0.417. The lowest BCUT2D eigenvalue weighted by atomic mass is 9.85. The van der Waals surface area contributed by atoms with Crippen LogP contribution in [0.1, 0.15) is 50.0 Å². The van der Waals surface area contributed by atoms with Crippen LogP contribution in [-0.4, -0.2) is 49.3 Å². The maximum atomic E-state index is 16.3. The highest BCUT2D eigenvalue weighted by molar-refractivity contribution is 7.92. The molecule has 0 spiro atoms. The van der Waals surface area contributed by atoms with E-state index in [0.717, 1.165) is 55.3 Å². The normalized spacial score (nSPS) is 22.6. The molecule has 2 N–H and O–H groups in total. The van der Waals surface area contributed by atoms with Gasteiger partial charge in [0.05, 0.1) is 33.5 Å². The minimum Gasteiger partial charge on any atom is -0.351 e. The van der Waals surface area contributed by atoms with Gasteiger partial charge in [0.15, 0.2) is 10.7 Å². The molecule has 2 aliphatic carbocycles. The molecule has 1 saturated heterocycles. The van der Waals surface area contributed by atoms with E-state index < -0.39 is 47.9 Å². The van der Waals surface area contributed by atoms with Crippen molar-refractivity contribution in [2.24, 2.45) is 5.92 Å². The molecule has 2 aromatic heterocycles. The number of halogens is 3. The third kappa shape index (κ3) is 5.77. The summed E-state index contributed by atoms with van der Waals surface area (Å²) in [6.45, 7) is 0. The highest BCUT2D eigenvalue weighted by Gasteiger charge is 2.48. The van der Waals surface area contributed by atoms with Crippen molar-refractivity contribution in [3.8, 4) is 21.8 Å². The van der Waals surface area contributed by atoms with E-state index in [1.165, 1.54) is 29.5 Å². The summed E-state index contributed by atoms with van der Waals surface area (Å²) in [6.07, 6.45) is 7.57. The number of thiazole rings is 1. The van der Waals surface area contributed by atoms with Crippen LogP contribution in [0.5, 0.6) is 0 Å². The molecule has 9 nitrogen and oxygen atoms in total. The van der Waals surface area contributed by atoms with Gasteiger partial charge in [-0.1, -0.05) is 12.1 Å². The molecule has 2 bridgehead atoms. The van der Waals surface area contributed by atoms with Crippen LogP contribution < -0.4 is 10.0 Å². The summed E-state index contributed by atoms with van der Waals surface area (Å²) in [5.41, 5.74) is 0.137. The average molecular weight is 690 g/mol. The minimum absolute atomic E-state index is 0.00116. The molecule has 4 aromatic rings. The standard InChI is InChI=1S/C31H30F3N5O4S3/c32-21-4-2-5-22(33)28(21)46(42,43)39-23-6-1-3-20(25(23)34)26-27(44-29(38-26)31-12-7-18(17-31)8-13-31)24-9-14-35-30(37-24)36-19-10-15-45(40,41)16-11-19/h1-6,9,14,18-19,39H,7-8,10-13,15-17H2,(H,35,36,37). The highest BCUT2D eigenvalue weighted by Crippen LogP contribution is 2.57. The highest BCUT2D eigenvalue weighted by atomic mass is 32.2. The second kappa shape index (κ2) is 11.6. The molecule has 46 heavy (non-hydrogen) atoms. The fraction of sp³-hybridized carbons (Fsp3) is 0.387. The van der Waals surface area contributed by atoms with Crippen molar-refractivity contribution in [3.63, 3.8) is 0 Å². The maximum Gasteiger partial charge on any atom is 0.267 e. The maximum absolute atomic E-state index is 16.3. The quantitative estimate of drug-likeness (QED) is 0.220. The van der Waals surface area contributed by atoms with Gasteiger partial charge in [0.1, 0.15) is 26.5 Å².